The van der Waals surface area contributed by atoms with E-state index in [1.54, 1.807) is 0 Å². The van der Waals surface area contributed by atoms with Crippen molar-refractivity contribution in [2.45, 2.75) is 12.8 Å². The van der Waals surface area contributed by atoms with Crippen molar-refractivity contribution in [2.24, 2.45) is 0 Å². The molecule has 1 rings (SSSR count). The maximum absolute atomic E-state index is 13.2. The molecular weight excluding hydrogens is 195 g/mol. The van der Waals surface area contributed by atoms with Gasteiger partial charge in [0.05, 0.1) is 6.61 Å². The van der Waals surface area contributed by atoms with Crippen LogP contribution in [0.2, 0.25) is 0 Å². The number of carbonyl (C=O) groups excluding carboxylic acids is 1. The van der Waals surface area contributed by atoms with E-state index in [4.69, 9.17) is 11.2 Å². The summed E-state index contributed by atoms with van der Waals surface area (Å²) in [5, 5.41) is 0. The SMILES string of the molecule is C#CCCCOc1ccc(C=O)cc1F. The first kappa shape index (κ1) is 11.3. The van der Waals surface area contributed by atoms with Crippen LogP contribution in [0.5, 0.6) is 5.75 Å². The average Bonchev–Trinajstić information content (AvgIpc) is 2.26. The largest absolute Gasteiger partial charge is 0.490 e. The predicted molar refractivity (Wildman–Crippen MR) is 55.3 cm³/mol. The highest BCUT2D eigenvalue weighted by Crippen LogP contribution is 2.17. The Morgan fingerprint density at radius 2 is 2.33 bits per heavy atom. The molecule has 0 aliphatic heterocycles. The Bertz CT molecular complexity index is 380. The molecule has 78 valence electrons. The van der Waals surface area contributed by atoms with E-state index in [1.165, 1.54) is 12.1 Å². The number of hydrogen-bond donors (Lipinski definition) is 0. The first-order valence-electron chi connectivity index (χ1n) is 4.59. The van der Waals surface area contributed by atoms with Crippen LogP contribution in [0.25, 0.3) is 0 Å². The van der Waals surface area contributed by atoms with E-state index >= 15 is 0 Å². The van der Waals surface area contributed by atoms with Crippen LogP contribution < -0.4 is 4.74 Å². The molecule has 0 fully saturated rings. The van der Waals surface area contributed by atoms with E-state index in [0.717, 1.165) is 6.07 Å². The van der Waals surface area contributed by atoms with Gasteiger partial charge in [0.2, 0.25) is 0 Å². The number of terminal acetylenes is 1. The van der Waals surface area contributed by atoms with E-state index in [-0.39, 0.29) is 5.75 Å². The Morgan fingerprint density at radius 3 is 2.93 bits per heavy atom. The van der Waals surface area contributed by atoms with Crippen molar-refractivity contribution in [3.05, 3.63) is 29.6 Å². The highest BCUT2D eigenvalue weighted by atomic mass is 19.1. The molecule has 2 nitrogen and oxygen atoms in total. The molecule has 0 heterocycles. The van der Waals surface area contributed by atoms with Gasteiger partial charge in [0.15, 0.2) is 11.6 Å². The monoisotopic (exact) mass is 206 g/mol. The van der Waals surface area contributed by atoms with Crippen LogP contribution in [0.4, 0.5) is 4.39 Å². The molecule has 0 spiro atoms. The van der Waals surface area contributed by atoms with Crippen molar-refractivity contribution in [1.82, 2.24) is 0 Å². The smallest absolute Gasteiger partial charge is 0.165 e. The lowest BCUT2D eigenvalue weighted by Gasteiger charge is -2.05. The van der Waals surface area contributed by atoms with Gasteiger partial charge in [-0.2, -0.15) is 0 Å². The third kappa shape index (κ3) is 3.43. The van der Waals surface area contributed by atoms with Crippen molar-refractivity contribution in [3.63, 3.8) is 0 Å². The zero-order valence-electron chi connectivity index (χ0n) is 8.20. The Kier molecular flexibility index (Phi) is 4.36. The van der Waals surface area contributed by atoms with Crippen molar-refractivity contribution >= 4 is 6.29 Å². The van der Waals surface area contributed by atoms with E-state index < -0.39 is 5.82 Å². The van der Waals surface area contributed by atoms with Crippen molar-refractivity contribution < 1.29 is 13.9 Å². The lowest BCUT2D eigenvalue weighted by atomic mass is 10.2. The van der Waals surface area contributed by atoms with E-state index in [1.807, 2.05) is 0 Å². The molecule has 0 N–H and O–H groups in total. The molecule has 1 aromatic carbocycles. The summed E-state index contributed by atoms with van der Waals surface area (Å²) < 4.78 is 18.4. The van der Waals surface area contributed by atoms with Crippen molar-refractivity contribution in [3.8, 4) is 18.1 Å². The molecule has 0 unspecified atom stereocenters. The fourth-order valence-electron chi connectivity index (χ4n) is 1.06. The van der Waals surface area contributed by atoms with Crippen LogP contribution in [-0.4, -0.2) is 12.9 Å². The molecule has 0 saturated carbocycles. The molecule has 0 atom stereocenters. The molecule has 1 aromatic rings. The molecule has 0 bridgehead atoms. The van der Waals surface area contributed by atoms with Gasteiger partial charge in [-0.25, -0.2) is 4.39 Å². The van der Waals surface area contributed by atoms with Gasteiger partial charge in [-0.3, -0.25) is 4.79 Å². The molecule has 0 amide bonds. The second-order valence-corrected chi connectivity index (χ2v) is 2.96. The number of hydrogen-bond acceptors (Lipinski definition) is 2. The van der Waals surface area contributed by atoms with E-state index in [2.05, 4.69) is 5.92 Å². The van der Waals surface area contributed by atoms with Gasteiger partial charge in [-0.15, -0.1) is 12.3 Å². The second-order valence-electron chi connectivity index (χ2n) is 2.96. The van der Waals surface area contributed by atoms with Crippen LogP contribution in [-0.2, 0) is 0 Å². The van der Waals surface area contributed by atoms with Crippen LogP contribution in [0.15, 0.2) is 18.2 Å². The normalized spacial score (nSPS) is 9.33. The lowest BCUT2D eigenvalue weighted by molar-refractivity contribution is 0.112. The van der Waals surface area contributed by atoms with Crippen LogP contribution >= 0.6 is 0 Å². The predicted octanol–water partition coefficient (Wildman–Crippen LogP) is 2.43. The Hall–Kier alpha value is -1.82. The zero-order chi connectivity index (χ0) is 11.1. The Labute approximate surface area is 88.1 Å². The van der Waals surface area contributed by atoms with Gasteiger partial charge in [0.1, 0.15) is 6.29 Å². The first-order valence-corrected chi connectivity index (χ1v) is 4.59. The molecule has 3 heteroatoms. The zero-order valence-corrected chi connectivity index (χ0v) is 8.20. The quantitative estimate of drug-likeness (QED) is 0.420. The van der Waals surface area contributed by atoms with Gasteiger partial charge in [0.25, 0.3) is 0 Å². The maximum atomic E-state index is 13.2. The minimum Gasteiger partial charge on any atom is -0.490 e. The van der Waals surface area contributed by atoms with Crippen LogP contribution in [0, 0.1) is 18.2 Å². The molecule has 0 saturated heterocycles. The summed E-state index contributed by atoms with van der Waals surface area (Å²) in [5.74, 6) is 2.09. The van der Waals surface area contributed by atoms with Crippen molar-refractivity contribution in [2.75, 3.05) is 6.61 Å². The van der Waals surface area contributed by atoms with Gasteiger partial charge in [-0.1, -0.05) is 0 Å². The third-order valence-electron chi connectivity index (χ3n) is 1.82. The topological polar surface area (TPSA) is 26.3 Å². The highest BCUT2D eigenvalue weighted by Gasteiger charge is 2.03. The van der Waals surface area contributed by atoms with Crippen LogP contribution in [0.3, 0.4) is 0 Å². The van der Waals surface area contributed by atoms with Gasteiger partial charge in [0, 0.05) is 12.0 Å². The maximum Gasteiger partial charge on any atom is 0.165 e. The van der Waals surface area contributed by atoms with E-state index in [0.29, 0.717) is 31.3 Å². The summed E-state index contributed by atoms with van der Waals surface area (Å²) >= 11 is 0. The number of rotatable bonds is 5. The summed E-state index contributed by atoms with van der Waals surface area (Å²) in [6.07, 6.45) is 6.94. The minimum absolute atomic E-state index is 0.151. The minimum atomic E-state index is -0.527. The number of ether oxygens (including phenoxy) is 1. The van der Waals surface area contributed by atoms with Crippen molar-refractivity contribution in [1.29, 1.82) is 0 Å². The summed E-state index contributed by atoms with van der Waals surface area (Å²) in [7, 11) is 0. The molecule has 0 aromatic heterocycles. The number of halogens is 1. The van der Waals surface area contributed by atoms with Gasteiger partial charge >= 0.3 is 0 Å². The number of aldehydes is 1. The summed E-state index contributed by atoms with van der Waals surface area (Å²) in [5.41, 5.74) is 0.295. The number of carbonyl (C=O) groups is 1. The van der Waals surface area contributed by atoms with E-state index in [9.17, 15) is 9.18 Å². The lowest BCUT2D eigenvalue weighted by Crippen LogP contribution is -1.99. The van der Waals surface area contributed by atoms with Gasteiger partial charge in [-0.05, 0) is 24.6 Å². The Morgan fingerprint density at radius 1 is 1.53 bits per heavy atom. The first-order chi connectivity index (χ1) is 7.27. The summed E-state index contributed by atoms with van der Waals surface area (Å²) in [6.45, 7) is 0.377. The molecule has 0 aliphatic rings. The average molecular weight is 206 g/mol. The summed E-state index contributed by atoms with van der Waals surface area (Å²) in [6, 6.07) is 4.09. The molecule has 0 aliphatic carbocycles. The fourth-order valence-corrected chi connectivity index (χ4v) is 1.06. The highest BCUT2D eigenvalue weighted by molar-refractivity contribution is 5.74. The summed E-state index contributed by atoms with van der Waals surface area (Å²) in [4.78, 5) is 10.3. The molecule has 0 radical (unpaired) electrons. The standard InChI is InChI=1S/C12H11FO2/c1-2-3-4-7-15-12-6-5-10(9-14)8-11(12)13/h1,5-6,8-9H,3-4,7H2. The fraction of sp³-hybridized carbons (Fsp3) is 0.250. The molecular formula is C12H11FO2. The second kappa shape index (κ2) is 5.82. The number of unbranched alkanes of at least 4 members (excludes halogenated alkanes) is 1. The Balaban J connectivity index is 2.55. The third-order valence-corrected chi connectivity index (χ3v) is 1.82. The van der Waals surface area contributed by atoms with Gasteiger partial charge < -0.3 is 4.74 Å². The van der Waals surface area contributed by atoms with Crippen LogP contribution in [0.1, 0.15) is 23.2 Å². The molecule has 15 heavy (non-hydrogen) atoms. The number of benzene rings is 1.